The van der Waals surface area contributed by atoms with E-state index in [-0.39, 0.29) is 5.60 Å². The van der Waals surface area contributed by atoms with Crippen LogP contribution in [0.5, 0.6) is 0 Å². The first-order valence-corrected chi connectivity index (χ1v) is 6.54. The van der Waals surface area contributed by atoms with Crippen LogP contribution in [0.15, 0.2) is 12.4 Å². The highest BCUT2D eigenvalue weighted by Crippen LogP contribution is 2.47. The van der Waals surface area contributed by atoms with E-state index in [2.05, 4.69) is 5.10 Å². The molecule has 0 aromatic carbocycles. The number of nitrogens with zero attached hydrogens (tertiary/aromatic N) is 2. The van der Waals surface area contributed by atoms with E-state index >= 15 is 0 Å². The summed E-state index contributed by atoms with van der Waals surface area (Å²) in [5.74, 6) is 0. The van der Waals surface area contributed by atoms with Crippen LogP contribution in [0.3, 0.4) is 0 Å². The maximum atomic E-state index is 10.9. The highest BCUT2D eigenvalue weighted by atomic mass is 16.5. The third-order valence-corrected chi connectivity index (χ3v) is 3.96. The van der Waals surface area contributed by atoms with Gasteiger partial charge < -0.3 is 9.84 Å². The van der Waals surface area contributed by atoms with Crippen molar-refractivity contribution in [2.24, 2.45) is 7.05 Å². The summed E-state index contributed by atoms with van der Waals surface area (Å²) in [7, 11) is 1.91. The Morgan fingerprint density at radius 3 is 2.50 bits per heavy atom. The number of rotatable bonds is 3. The molecule has 2 heterocycles. The molecule has 4 heteroatoms. The van der Waals surface area contributed by atoms with Crippen molar-refractivity contribution in [2.75, 3.05) is 0 Å². The van der Waals surface area contributed by atoms with Gasteiger partial charge in [0.1, 0.15) is 0 Å². The fourth-order valence-corrected chi connectivity index (χ4v) is 3.08. The third kappa shape index (κ3) is 2.45. The summed E-state index contributed by atoms with van der Waals surface area (Å²) >= 11 is 0. The first kappa shape index (κ1) is 13.6. The molecule has 0 aliphatic carbocycles. The predicted octanol–water partition coefficient (Wildman–Crippen LogP) is 2.06. The summed E-state index contributed by atoms with van der Waals surface area (Å²) in [4.78, 5) is 0. The second kappa shape index (κ2) is 4.07. The molecule has 0 saturated carbocycles. The Kier molecular flexibility index (Phi) is 3.06. The monoisotopic (exact) mass is 252 g/mol. The van der Waals surface area contributed by atoms with E-state index in [0.717, 1.165) is 12.0 Å². The largest absolute Gasteiger partial charge is 0.387 e. The van der Waals surface area contributed by atoms with E-state index in [1.54, 1.807) is 4.68 Å². The van der Waals surface area contributed by atoms with Gasteiger partial charge in [-0.25, -0.2) is 0 Å². The fraction of sp³-hybridized carbons (Fsp3) is 0.786. The quantitative estimate of drug-likeness (QED) is 0.895. The van der Waals surface area contributed by atoms with Gasteiger partial charge in [-0.1, -0.05) is 0 Å². The van der Waals surface area contributed by atoms with Crippen molar-refractivity contribution in [3.05, 3.63) is 18.0 Å². The summed E-state index contributed by atoms with van der Waals surface area (Å²) in [6.45, 7) is 8.03. The van der Waals surface area contributed by atoms with Crippen LogP contribution in [-0.4, -0.2) is 31.7 Å². The van der Waals surface area contributed by atoms with Crippen LogP contribution >= 0.6 is 0 Å². The van der Waals surface area contributed by atoms with E-state index in [1.165, 1.54) is 0 Å². The molecule has 4 nitrogen and oxygen atoms in total. The van der Waals surface area contributed by atoms with Gasteiger partial charge in [-0.15, -0.1) is 0 Å². The number of hydrogen-bond donors (Lipinski definition) is 1. The van der Waals surface area contributed by atoms with Crippen LogP contribution in [0.1, 0.15) is 46.1 Å². The molecule has 0 radical (unpaired) electrons. The minimum Gasteiger partial charge on any atom is -0.387 e. The van der Waals surface area contributed by atoms with Crippen molar-refractivity contribution in [1.82, 2.24) is 9.78 Å². The number of hydrogen-bond acceptors (Lipinski definition) is 3. The van der Waals surface area contributed by atoms with Crippen LogP contribution in [0.4, 0.5) is 0 Å². The lowest BCUT2D eigenvalue weighted by atomic mass is 9.78. The summed E-state index contributed by atoms with van der Waals surface area (Å²) in [5.41, 5.74) is -0.371. The molecule has 18 heavy (non-hydrogen) atoms. The van der Waals surface area contributed by atoms with E-state index in [0.29, 0.717) is 12.8 Å². The minimum atomic E-state index is -0.771. The van der Waals surface area contributed by atoms with Gasteiger partial charge in [-0.05, 0) is 46.1 Å². The number of ether oxygens (including phenoxy) is 1. The topological polar surface area (TPSA) is 47.3 Å². The van der Waals surface area contributed by atoms with Crippen LogP contribution in [0, 0.1) is 0 Å². The van der Waals surface area contributed by atoms with E-state index in [9.17, 15) is 5.11 Å². The zero-order valence-electron chi connectivity index (χ0n) is 12.0. The van der Waals surface area contributed by atoms with Gasteiger partial charge in [0.05, 0.1) is 23.0 Å². The standard InChI is InChI=1S/C14H24N2O2/c1-12(2)10-14(17,13(3,4)18-12)7-6-11-8-15-16(5)9-11/h8-9,17H,6-7,10H2,1-5H3. The maximum Gasteiger partial charge on any atom is 0.0961 e. The van der Waals surface area contributed by atoms with Crippen LogP contribution in [0.2, 0.25) is 0 Å². The molecule has 1 fully saturated rings. The lowest BCUT2D eigenvalue weighted by Gasteiger charge is -2.35. The molecule has 0 bridgehead atoms. The maximum absolute atomic E-state index is 10.9. The molecule has 1 saturated heterocycles. The van der Waals surface area contributed by atoms with Gasteiger partial charge in [0.2, 0.25) is 0 Å². The molecule has 1 unspecified atom stereocenters. The first-order valence-electron chi connectivity index (χ1n) is 6.54. The van der Waals surface area contributed by atoms with Crippen LogP contribution < -0.4 is 0 Å². The molecule has 0 spiro atoms. The second-order valence-corrected chi connectivity index (χ2v) is 6.60. The van der Waals surface area contributed by atoms with Gasteiger partial charge in [-0.3, -0.25) is 4.68 Å². The molecule has 2 rings (SSSR count). The highest BCUT2D eigenvalue weighted by Gasteiger charge is 2.55. The van der Waals surface area contributed by atoms with Gasteiger partial charge in [0.15, 0.2) is 0 Å². The SMILES string of the molecule is Cn1cc(CCC2(O)CC(C)(C)OC2(C)C)cn1. The Morgan fingerprint density at radius 1 is 1.39 bits per heavy atom. The minimum absolute atomic E-state index is 0.257. The van der Waals surface area contributed by atoms with Crippen molar-refractivity contribution in [1.29, 1.82) is 0 Å². The first-order chi connectivity index (χ1) is 8.14. The predicted molar refractivity (Wildman–Crippen MR) is 70.3 cm³/mol. The molecule has 1 aliphatic rings. The average molecular weight is 252 g/mol. The molecule has 1 N–H and O–H groups in total. The molecule has 1 atom stereocenters. The third-order valence-electron chi connectivity index (χ3n) is 3.96. The molecule has 0 amide bonds. The van der Waals surface area contributed by atoms with Gasteiger partial charge in [0, 0.05) is 19.7 Å². The summed E-state index contributed by atoms with van der Waals surface area (Å²) in [6.07, 6.45) is 6.06. The highest BCUT2D eigenvalue weighted by molar-refractivity contribution is 5.10. The van der Waals surface area contributed by atoms with E-state index < -0.39 is 11.2 Å². The zero-order chi connectivity index (χ0) is 13.6. The molecular weight excluding hydrogens is 228 g/mol. The Hall–Kier alpha value is -0.870. The van der Waals surface area contributed by atoms with Crippen molar-refractivity contribution in [2.45, 2.75) is 63.8 Å². The molecule has 102 valence electrons. The number of aromatic nitrogens is 2. The molecule has 1 aliphatic heterocycles. The summed E-state index contributed by atoms with van der Waals surface area (Å²) in [6, 6.07) is 0. The van der Waals surface area contributed by atoms with Crippen molar-refractivity contribution < 1.29 is 9.84 Å². The van der Waals surface area contributed by atoms with E-state index in [4.69, 9.17) is 4.74 Å². The van der Waals surface area contributed by atoms with Crippen molar-refractivity contribution in [3.8, 4) is 0 Å². The Morgan fingerprint density at radius 2 is 2.06 bits per heavy atom. The zero-order valence-corrected chi connectivity index (χ0v) is 12.0. The summed E-state index contributed by atoms with van der Waals surface area (Å²) < 4.78 is 7.77. The molecule has 1 aromatic heterocycles. The fourth-order valence-electron chi connectivity index (χ4n) is 3.08. The molecular formula is C14H24N2O2. The number of aryl methyl sites for hydroxylation is 2. The normalized spacial score (nSPS) is 29.7. The Labute approximate surface area is 109 Å². The van der Waals surface area contributed by atoms with Crippen molar-refractivity contribution >= 4 is 0 Å². The van der Waals surface area contributed by atoms with E-state index in [1.807, 2.05) is 47.1 Å². The van der Waals surface area contributed by atoms with Gasteiger partial charge in [-0.2, -0.15) is 5.10 Å². The molecule has 1 aromatic rings. The Balaban J connectivity index is 2.08. The van der Waals surface area contributed by atoms with Crippen molar-refractivity contribution in [3.63, 3.8) is 0 Å². The summed E-state index contributed by atoms with van der Waals surface area (Å²) in [5, 5.41) is 15.0. The van der Waals surface area contributed by atoms with Crippen LogP contribution in [0.25, 0.3) is 0 Å². The lowest BCUT2D eigenvalue weighted by molar-refractivity contribution is -0.128. The second-order valence-electron chi connectivity index (χ2n) is 6.60. The van der Waals surface area contributed by atoms with Gasteiger partial charge >= 0.3 is 0 Å². The average Bonchev–Trinajstić information content (AvgIpc) is 2.64. The smallest absolute Gasteiger partial charge is 0.0961 e. The Bertz CT molecular complexity index is 437. The lowest BCUT2D eigenvalue weighted by Crippen LogP contribution is -2.46. The van der Waals surface area contributed by atoms with Crippen LogP contribution in [-0.2, 0) is 18.2 Å². The van der Waals surface area contributed by atoms with Gasteiger partial charge in [0.25, 0.3) is 0 Å². The number of aliphatic hydroxyl groups is 1.